The molecule has 0 saturated heterocycles. The van der Waals surface area contributed by atoms with E-state index in [9.17, 15) is 0 Å². The molecule has 0 radical (unpaired) electrons. The predicted octanol–water partition coefficient (Wildman–Crippen LogP) is 2.02. The molecule has 1 heterocycles. The zero-order valence-corrected chi connectivity index (χ0v) is 9.92. The minimum absolute atomic E-state index is 0.446. The maximum Gasteiger partial charge on any atom is 0.168 e. The van der Waals surface area contributed by atoms with Gasteiger partial charge in [0, 0.05) is 11.4 Å². The van der Waals surface area contributed by atoms with E-state index in [-0.39, 0.29) is 0 Å². The molecule has 1 aromatic heterocycles. The van der Waals surface area contributed by atoms with Crippen molar-refractivity contribution in [2.45, 2.75) is 11.5 Å². The topological polar surface area (TPSA) is 61.3 Å². The molecule has 0 bridgehead atoms. The zero-order valence-electron chi connectivity index (χ0n) is 9.10. The Morgan fingerprint density at radius 3 is 3.12 bits per heavy atom. The molecule has 4 nitrogen and oxygen atoms in total. The van der Waals surface area contributed by atoms with Crippen LogP contribution in [-0.2, 0) is 11.3 Å². The van der Waals surface area contributed by atoms with Gasteiger partial charge in [-0.2, -0.15) is 0 Å². The van der Waals surface area contributed by atoms with Crippen molar-refractivity contribution in [3.63, 3.8) is 0 Å². The van der Waals surface area contributed by atoms with E-state index in [0.717, 1.165) is 21.6 Å². The van der Waals surface area contributed by atoms with Crippen molar-refractivity contribution in [1.82, 2.24) is 5.16 Å². The quantitative estimate of drug-likeness (QED) is 0.638. The van der Waals surface area contributed by atoms with Crippen LogP contribution in [0.15, 0.2) is 27.6 Å². The highest BCUT2D eigenvalue weighted by Crippen LogP contribution is 2.29. The number of aromatic nitrogens is 1. The molecular weight excluding hydrogens is 224 g/mol. The summed E-state index contributed by atoms with van der Waals surface area (Å²) in [5, 5.41) is 5.07. The second kappa shape index (κ2) is 5.34. The molecule has 0 amide bonds. The third kappa shape index (κ3) is 2.21. The number of nitrogens with zero attached hydrogens (tertiary/aromatic N) is 1. The summed E-state index contributed by atoms with van der Waals surface area (Å²) >= 11 is 1.68. The molecular formula is C11H14N2O2S. The van der Waals surface area contributed by atoms with Crippen molar-refractivity contribution in [1.29, 1.82) is 0 Å². The lowest BCUT2D eigenvalue weighted by atomic mass is 10.2. The van der Waals surface area contributed by atoms with E-state index in [0.29, 0.717) is 19.8 Å². The van der Waals surface area contributed by atoms with Gasteiger partial charge in [-0.05, 0) is 18.4 Å². The number of benzene rings is 1. The highest BCUT2D eigenvalue weighted by molar-refractivity contribution is 7.98. The van der Waals surface area contributed by atoms with Gasteiger partial charge in [0.1, 0.15) is 5.69 Å². The summed E-state index contributed by atoms with van der Waals surface area (Å²) in [6, 6.07) is 5.93. The summed E-state index contributed by atoms with van der Waals surface area (Å²) < 4.78 is 10.6. The molecule has 1 aromatic carbocycles. The highest BCUT2D eigenvalue weighted by Gasteiger charge is 2.11. The predicted molar refractivity (Wildman–Crippen MR) is 64.5 cm³/mol. The summed E-state index contributed by atoms with van der Waals surface area (Å²) in [5.74, 6) is 0. The number of fused-ring (bicyclic) bond motifs is 1. The van der Waals surface area contributed by atoms with Gasteiger partial charge in [-0.25, -0.2) is 0 Å². The van der Waals surface area contributed by atoms with Crippen LogP contribution in [0.3, 0.4) is 0 Å². The Bertz CT molecular complexity index is 470. The Morgan fingerprint density at radius 2 is 2.38 bits per heavy atom. The summed E-state index contributed by atoms with van der Waals surface area (Å²) in [6.45, 7) is 1.50. The lowest BCUT2D eigenvalue weighted by Gasteiger charge is -2.01. The third-order valence-electron chi connectivity index (χ3n) is 2.25. The van der Waals surface area contributed by atoms with Gasteiger partial charge in [0.2, 0.25) is 0 Å². The lowest BCUT2D eigenvalue weighted by Crippen LogP contribution is -2.08. The minimum Gasteiger partial charge on any atom is -0.374 e. The number of thioether (sulfide) groups is 1. The first-order chi connectivity index (χ1) is 7.86. The standard InChI is InChI=1S/C11H14N2O2S/c1-16-10-4-2-3-9-11(10)8(13-15-9)7-14-6-5-12/h2-4H,5-7,12H2,1H3. The van der Waals surface area contributed by atoms with Crippen LogP contribution in [0.1, 0.15) is 5.69 Å². The van der Waals surface area contributed by atoms with E-state index in [4.69, 9.17) is 15.0 Å². The van der Waals surface area contributed by atoms with Crippen LogP contribution < -0.4 is 5.73 Å². The van der Waals surface area contributed by atoms with Crippen LogP contribution in [0, 0.1) is 0 Å². The van der Waals surface area contributed by atoms with Gasteiger partial charge < -0.3 is 15.0 Å². The van der Waals surface area contributed by atoms with E-state index >= 15 is 0 Å². The normalized spacial score (nSPS) is 11.1. The minimum atomic E-state index is 0.446. The molecule has 16 heavy (non-hydrogen) atoms. The van der Waals surface area contributed by atoms with Gasteiger partial charge in [-0.3, -0.25) is 0 Å². The van der Waals surface area contributed by atoms with Crippen molar-refractivity contribution in [3.05, 3.63) is 23.9 Å². The molecule has 0 aliphatic rings. The average molecular weight is 238 g/mol. The van der Waals surface area contributed by atoms with Gasteiger partial charge in [0.15, 0.2) is 5.58 Å². The first kappa shape index (κ1) is 11.4. The third-order valence-corrected chi connectivity index (χ3v) is 3.03. The SMILES string of the molecule is CSc1cccc2onc(COCCN)c12. The Balaban J connectivity index is 2.30. The van der Waals surface area contributed by atoms with Crippen LogP contribution in [-0.4, -0.2) is 24.6 Å². The molecule has 0 spiro atoms. The largest absolute Gasteiger partial charge is 0.374 e. The van der Waals surface area contributed by atoms with E-state index in [1.165, 1.54) is 0 Å². The van der Waals surface area contributed by atoms with Gasteiger partial charge >= 0.3 is 0 Å². The first-order valence-corrected chi connectivity index (χ1v) is 6.28. The van der Waals surface area contributed by atoms with Gasteiger partial charge in [0.05, 0.1) is 18.6 Å². The van der Waals surface area contributed by atoms with Crippen LogP contribution in [0.25, 0.3) is 11.0 Å². The maximum atomic E-state index is 5.38. The summed E-state index contributed by atoms with van der Waals surface area (Å²) in [4.78, 5) is 1.16. The van der Waals surface area contributed by atoms with Crippen LogP contribution >= 0.6 is 11.8 Å². The van der Waals surface area contributed by atoms with E-state index in [1.54, 1.807) is 11.8 Å². The van der Waals surface area contributed by atoms with Gasteiger partial charge in [-0.15, -0.1) is 11.8 Å². The Morgan fingerprint density at radius 1 is 1.50 bits per heavy atom. The Labute approximate surface area is 98.1 Å². The Hall–Kier alpha value is -1.04. The van der Waals surface area contributed by atoms with E-state index in [2.05, 4.69) is 11.2 Å². The number of rotatable bonds is 5. The van der Waals surface area contributed by atoms with Crippen molar-refractivity contribution in [2.75, 3.05) is 19.4 Å². The van der Waals surface area contributed by atoms with E-state index in [1.807, 2.05) is 18.4 Å². The zero-order chi connectivity index (χ0) is 11.4. The second-order valence-electron chi connectivity index (χ2n) is 3.30. The average Bonchev–Trinajstić information content (AvgIpc) is 2.73. The van der Waals surface area contributed by atoms with Gasteiger partial charge in [0.25, 0.3) is 0 Å². The fourth-order valence-electron chi connectivity index (χ4n) is 1.54. The van der Waals surface area contributed by atoms with Crippen LogP contribution in [0.4, 0.5) is 0 Å². The van der Waals surface area contributed by atoms with Crippen molar-refractivity contribution < 1.29 is 9.26 Å². The summed E-state index contributed by atoms with van der Waals surface area (Å²) in [5.41, 5.74) is 7.01. The molecule has 2 aromatic rings. The smallest absolute Gasteiger partial charge is 0.168 e. The van der Waals surface area contributed by atoms with Crippen molar-refractivity contribution in [2.24, 2.45) is 5.73 Å². The lowest BCUT2D eigenvalue weighted by molar-refractivity contribution is 0.123. The van der Waals surface area contributed by atoms with Crippen molar-refractivity contribution >= 4 is 22.7 Å². The molecule has 2 N–H and O–H groups in total. The number of ether oxygens (including phenoxy) is 1. The highest BCUT2D eigenvalue weighted by atomic mass is 32.2. The maximum absolute atomic E-state index is 5.38. The fourth-order valence-corrected chi connectivity index (χ4v) is 2.18. The molecule has 0 saturated carbocycles. The Kier molecular flexibility index (Phi) is 3.82. The molecule has 5 heteroatoms. The van der Waals surface area contributed by atoms with Crippen molar-refractivity contribution in [3.8, 4) is 0 Å². The van der Waals surface area contributed by atoms with Crippen LogP contribution in [0.5, 0.6) is 0 Å². The molecule has 0 unspecified atom stereocenters. The molecule has 0 fully saturated rings. The molecule has 2 rings (SSSR count). The molecule has 0 aliphatic heterocycles. The molecule has 0 atom stereocenters. The van der Waals surface area contributed by atoms with E-state index < -0.39 is 0 Å². The summed E-state index contributed by atoms with van der Waals surface area (Å²) in [7, 11) is 0. The monoisotopic (exact) mass is 238 g/mol. The number of nitrogens with two attached hydrogens (primary N) is 1. The molecule has 86 valence electrons. The summed E-state index contributed by atoms with van der Waals surface area (Å²) in [6.07, 6.45) is 2.03. The second-order valence-corrected chi connectivity index (χ2v) is 4.15. The number of hydrogen-bond acceptors (Lipinski definition) is 5. The van der Waals surface area contributed by atoms with Crippen LogP contribution in [0.2, 0.25) is 0 Å². The number of hydrogen-bond donors (Lipinski definition) is 1. The molecule has 0 aliphatic carbocycles. The first-order valence-electron chi connectivity index (χ1n) is 5.06. The van der Waals surface area contributed by atoms with Gasteiger partial charge in [-0.1, -0.05) is 11.2 Å². The fraction of sp³-hybridized carbons (Fsp3) is 0.364.